The molecule has 0 radical (unpaired) electrons. The normalized spacial score (nSPS) is 10.9. The SMILES string of the molecule is CCn1cc(Br)c(CNC(=O)c2cc(Br)ccc2OC(F)F)n1. The van der Waals surface area contributed by atoms with Crippen molar-refractivity contribution < 1.29 is 18.3 Å². The van der Waals surface area contributed by atoms with Gasteiger partial charge in [0.2, 0.25) is 0 Å². The molecule has 0 unspecified atom stereocenters. The zero-order valence-corrected chi connectivity index (χ0v) is 15.2. The van der Waals surface area contributed by atoms with Crippen molar-refractivity contribution in [1.82, 2.24) is 15.1 Å². The summed E-state index contributed by atoms with van der Waals surface area (Å²) in [4.78, 5) is 12.3. The lowest BCUT2D eigenvalue weighted by atomic mass is 10.2. The van der Waals surface area contributed by atoms with E-state index in [1.54, 1.807) is 10.9 Å². The molecule has 0 atom stereocenters. The van der Waals surface area contributed by atoms with Gasteiger partial charge in [0.1, 0.15) is 5.75 Å². The van der Waals surface area contributed by atoms with Crippen LogP contribution >= 0.6 is 31.9 Å². The van der Waals surface area contributed by atoms with Crippen LogP contribution in [-0.4, -0.2) is 22.3 Å². The first-order valence-electron chi connectivity index (χ1n) is 6.65. The molecule has 5 nitrogen and oxygen atoms in total. The van der Waals surface area contributed by atoms with Crippen molar-refractivity contribution in [1.29, 1.82) is 0 Å². The molecule has 0 fully saturated rings. The third-order valence-corrected chi connectivity index (χ3v) is 4.09. The molecule has 2 aromatic rings. The van der Waals surface area contributed by atoms with E-state index >= 15 is 0 Å². The van der Waals surface area contributed by atoms with Crippen LogP contribution in [0.5, 0.6) is 5.75 Å². The number of rotatable bonds is 6. The van der Waals surface area contributed by atoms with Gasteiger partial charge in [0, 0.05) is 17.2 Å². The Labute approximate surface area is 148 Å². The van der Waals surface area contributed by atoms with Gasteiger partial charge in [0.15, 0.2) is 0 Å². The van der Waals surface area contributed by atoms with Crippen molar-refractivity contribution in [3.05, 3.63) is 44.6 Å². The molecule has 23 heavy (non-hydrogen) atoms. The maximum atomic E-state index is 12.4. The Morgan fingerprint density at radius 3 is 2.78 bits per heavy atom. The third kappa shape index (κ3) is 4.74. The third-order valence-electron chi connectivity index (χ3n) is 2.93. The summed E-state index contributed by atoms with van der Waals surface area (Å²) in [6.07, 6.45) is 1.80. The van der Waals surface area contributed by atoms with E-state index in [4.69, 9.17) is 0 Å². The molecule has 9 heteroatoms. The molecule has 0 aliphatic rings. The first-order valence-corrected chi connectivity index (χ1v) is 8.23. The van der Waals surface area contributed by atoms with Gasteiger partial charge in [0.05, 0.1) is 22.3 Å². The number of amides is 1. The highest BCUT2D eigenvalue weighted by Crippen LogP contribution is 2.25. The summed E-state index contributed by atoms with van der Waals surface area (Å²) in [5.41, 5.74) is 0.664. The average Bonchev–Trinajstić information content (AvgIpc) is 2.86. The topological polar surface area (TPSA) is 56.2 Å². The van der Waals surface area contributed by atoms with E-state index in [1.165, 1.54) is 18.2 Å². The summed E-state index contributed by atoms with van der Waals surface area (Å²) < 4.78 is 32.3. The van der Waals surface area contributed by atoms with E-state index in [1.807, 2.05) is 6.92 Å². The predicted octanol–water partition coefficient (Wildman–Crippen LogP) is 3.96. The minimum absolute atomic E-state index is 0.0192. The van der Waals surface area contributed by atoms with Crippen LogP contribution in [0.1, 0.15) is 23.0 Å². The largest absolute Gasteiger partial charge is 0.434 e. The van der Waals surface area contributed by atoms with Gasteiger partial charge >= 0.3 is 6.61 Å². The molecule has 0 saturated heterocycles. The molecule has 0 bridgehead atoms. The van der Waals surface area contributed by atoms with Gasteiger partial charge < -0.3 is 10.1 Å². The molecule has 2 rings (SSSR count). The lowest BCUT2D eigenvalue weighted by Gasteiger charge is -2.11. The molecule has 0 saturated carbocycles. The van der Waals surface area contributed by atoms with E-state index in [-0.39, 0.29) is 17.9 Å². The summed E-state index contributed by atoms with van der Waals surface area (Å²) in [5.74, 6) is -0.709. The number of aromatic nitrogens is 2. The van der Waals surface area contributed by atoms with Crippen LogP contribution in [-0.2, 0) is 13.1 Å². The van der Waals surface area contributed by atoms with Gasteiger partial charge in [-0.1, -0.05) is 15.9 Å². The Morgan fingerprint density at radius 1 is 1.43 bits per heavy atom. The van der Waals surface area contributed by atoms with E-state index in [2.05, 4.69) is 47.0 Å². The van der Waals surface area contributed by atoms with E-state index in [0.29, 0.717) is 16.7 Å². The van der Waals surface area contributed by atoms with Crippen molar-refractivity contribution in [2.75, 3.05) is 0 Å². The smallest absolute Gasteiger partial charge is 0.387 e. The van der Waals surface area contributed by atoms with Crippen LogP contribution in [0.25, 0.3) is 0 Å². The van der Waals surface area contributed by atoms with Crippen molar-refractivity contribution >= 4 is 37.8 Å². The van der Waals surface area contributed by atoms with Crippen LogP contribution < -0.4 is 10.1 Å². The minimum atomic E-state index is -3.00. The average molecular weight is 453 g/mol. The van der Waals surface area contributed by atoms with Crippen LogP contribution in [0.15, 0.2) is 33.3 Å². The van der Waals surface area contributed by atoms with Crippen molar-refractivity contribution in [3.8, 4) is 5.75 Å². The standard InChI is InChI=1S/C14H13Br2F2N3O2/c1-2-21-7-10(16)11(20-21)6-19-13(22)9-5-8(15)3-4-12(9)23-14(17)18/h3-5,7,14H,2,6H2,1H3,(H,19,22). The molecular formula is C14H13Br2F2N3O2. The quantitative estimate of drug-likeness (QED) is 0.721. The molecule has 0 aliphatic heterocycles. The maximum absolute atomic E-state index is 12.4. The van der Waals surface area contributed by atoms with Gasteiger partial charge in [-0.2, -0.15) is 13.9 Å². The molecule has 124 valence electrons. The minimum Gasteiger partial charge on any atom is -0.434 e. The highest BCUT2D eigenvalue weighted by Gasteiger charge is 2.17. The number of carbonyl (C=O) groups excluding carboxylic acids is 1. The molecule has 1 heterocycles. The Morgan fingerprint density at radius 2 is 2.17 bits per heavy atom. The monoisotopic (exact) mass is 451 g/mol. The zero-order valence-electron chi connectivity index (χ0n) is 12.0. The highest BCUT2D eigenvalue weighted by molar-refractivity contribution is 9.10. The second kappa shape index (κ2) is 7.87. The second-order valence-electron chi connectivity index (χ2n) is 4.48. The fraction of sp³-hybridized carbons (Fsp3) is 0.286. The van der Waals surface area contributed by atoms with E-state index in [0.717, 1.165) is 4.47 Å². The number of benzene rings is 1. The van der Waals surface area contributed by atoms with Crippen LogP contribution in [0.3, 0.4) is 0 Å². The van der Waals surface area contributed by atoms with E-state index < -0.39 is 12.5 Å². The number of nitrogens with zero attached hydrogens (tertiary/aromatic N) is 2. The molecule has 0 aliphatic carbocycles. The Hall–Kier alpha value is -1.48. The van der Waals surface area contributed by atoms with Gasteiger partial charge in [0.25, 0.3) is 5.91 Å². The Bertz CT molecular complexity index is 707. The van der Waals surface area contributed by atoms with Crippen LogP contribution in [0.2, 0.25) is 0 Å². The fourth-order valence-corrected chi connectivity index (χ4v) is 2.67. The maximum Gasteiger partial charge on any atom is 0.387 e. The van der Waals surface area contributed by atoms with Crippen LogP contribution in [0.4, 0.5) is 8.78 Å². The number of ether oxygens (including phenoxy) is 1. The molecular weight excluding hydrogens is 440 g/mol. The number of alkyl halides is 2. The summed E-state index contributed by atoms with van der Waals surface area (Å²) in [6.45, 7) is -0.202. The number of hydrogen-bond donors (Lipinski definition) is 1. The zero-order chi connectivity index (χ0) is 17.0. The molecule has 0 spiro atoms. The molecule has 1 aromatic carbocycles. The second-order valence-corrected chi connectivity index (χ2v) is 6.25. The van der Waals surface area contributed by atoms with Crippen molar-refractivity contribution in [3.63, 3.8) is 0 Å². The number of nitrogens with one attached hydrogen (secondary N) is 1. The summed E-state index contributed by atoms with van der Waals surface area (Å²) in [6, 6.07) is 4.26. The number of hydrogen-bond acceptors (Lipinski definition) is 3. The first kappa shape index (κ1) is 17.9. The summed E-state index contributed by atoms with van der Waals surface area (Å²) in [7, 11) is 0. The molecule has 1 aromatic heterocycles. The van der Waals surface area contributed by atoms with Crippen molar-refractivity contribution in [2.45, 2.75) is 26.6 Å². The fourth-order valence-electron chi connectivity index (χ4n) is 1.86. The summed E-state index contributed by atoms with van der Waals surface area (Å²) >= 11 is 6.56. The van der Waals surface area contributed by atoms with E-state index in [9.17, 15) is 13.6 Å². The van der Waals surface area contributed by atoms with Gasteiger partial charge in [-0.3, -0.25) is 9.48 Å². The lowest BCUT2D eigenvalue weighted by molar-refractivity contribution is -0.0501. The highest BCUT2D eigenvalue weighted by atomic mass is 79.9. The molecule has 1 amide bonds. The Kier molecular flexibility index (Phi) is 6.11. The van der Waals surface area contributed by atoms with Crippen LogP contribution in [0, 0.1) is 0 Å². The first-order chi connectivity index (χ1) is 10.9. The molecule has 1 N–H and O–H groups in total. The Balaban J connectivity index is 2.13. The number of carbonyl (C=O) groups is 1. The van der Waals surface area contributed by atoms with Gasteiger partial charge in [-0.05, 0) is 41.1 Å². The summed E-state index contributed by atoms with van der Waals surface area (Å²) in [5, 5.41) is 6.92. The van der Waals surface area contributed by atoms with Crippen molar-refractivity contribution in [2.24, 2.45) is 0 Å². The number of aryl methyl sites for hydroxylation is 1. The van der Waals surface area contributed by atoms with Gasteiger partial charge in [-0.15, -0.1) is 0 Å². The van der Waals surface area contributed by atoms with Gasteiger partial charge in [-0.25, -0.2) is 0 Å². The lowest BCUT2D eigenvalue weighted by Crippen LogP contribution is -2.24. The predicted molar refractivity (Wildman–Crippen MR) is 87.5 cm³/mol. The number of halogens is 4.